The van der Waals surface area contributed by atoms with Gasteiger partial charge in [0.05, 0.1) is 23.1 Å². The van der Waals surface area contributed by atoms with Gasteiger partial charge in [0.2, 0.25) is 0 Å². The number of nitrogens with zero attached hydrogens (tertiary/aromatic N) is 2. The summed E-state index contributed by atoms with van der Waals surface area (Å²) in [4.78, 5) is 13.2. The Morgan fingerprint density at radius 2 is 1.88 bits per heavy atom. The van der Waals surface area contributed by atoms with E-state index < -0.39 is 10.9 Å². The van der Waals surface area contributed by atoms with E-state index in [-0.39, 0.29) is 22.8 Å². The Balaban J connectivity index is 0.000000278. The summed E-state index contributed by atoms with van der Waals surface area (Å²) in [5.41, 5.74) is 4.11. The Labute approximate surface area is 191 Å². The van der Waals surface area contributed by atoms with Gasteiger partial charge < -0.3 is 9.84 Å². The lowest BCUT2D eigenvalue weighted by Gasteiger charge is -2.20. The van der Waals surface area contributed by atoms with Crippen LogP contribution in [0.4, 0.5) is 11.5 Å². The van der Waals surface area contributed by atoms with Crippen LogP contribution in [-0.2, 0) is 6.42 Å². The molecule has 32 heavy (non-hydrogen) atoms. The third kappa shape index (κ3) is 7.61. The molecule has 2 aromatic carbocycles. The number of carboxylic acids is 1. The minimum absolute atomic E-state index is 0.0122. The highest BCUT2D eigenvalue weighted by atomic mass is 32.1. The highest BCUT2D eigenvalue weighted by Gasteiger charge is 2.32. The lowest BCUT2D eigenvalue weighted by Crippen LogP contribution is -2.48. The average molecular weight is 461 g/mol. The number of benzene rings is 2. The number of aryl methyl sites for hydroxylation is 2. The molecule has 3 aromatic rings. The summed E-state index contributed by atoms with van der Waals surface area (Å²) in [5.74, 6) is -0.960. The molecule has 1 heterocycles. The molecule has 4 N–H and O–H groups in total. The summed E-state index contributed by atoms with van der Waals surface area (Å²) in [7, 11) is 1.35. The number of hydrogen-bond donors (Lipinski definition) is 4. The Kier molecular flexibility index (Phi) is 9.61. The largest absolute Gasteiger partial charge is 0.494 e. The Morgan fingerprint density at radius 3 is 2.44 bits per heavy atom. The van der Waals surface area contributed by atoms with E-state index in [4.69, 9.17) is 9.84 Å². The van der Waals surface area contributed by atoms with E-state index in [1.54, 1.807) is 6.92 Å². The number of hydrogen-bond acceptors (Lipinski definition) is 7. The number of anilines is 1. The molecule has 0 radical (unpaired) electrons. The summed E-state index contributed by atoms with van der Waals surface area (Å²) >= 11 is 1.26. The van der Waals surface area contributed by atoms with Gasteiger partial charge >= 0.3 is 11.8 Å². The van der Waals surface area contributed by atoms with Gasteiger partial charge in [-0.1, -0.05) is 50.1 Å². The van der Waals surface area contributed by atoms with Crippen LogP contribution < -0.4 is 15.1 Å². The van der Waals surface area contributed by atoms with Gasteiger partial charge in [0.15, 0.2) is 0 Å². The van der Waals surface area contributed by atoms with Crippen LogP contribution in [-0.4, -0.2) is 33.6 Å². The minimum atomic E-state index is -1.67. The number of thiazole rings is 1. The van der Waals surface area contributed by atoms with E-state index in [1.807, 2.05) is 0 Å². The maximum Gasteiger partial charge on any atom is 0.335 e. The second-order valence-electron chi connectivity index (χ2n) is 7.10. The lowest BCUT2D eigenvalue weighted by molar-refractivity contribution is -0.274. The summed E-state index contributed by atoms with van der Waals surface area (Å²) in [5, 5.41) is 31.1. The molecule has 0 saturated heterocycles. The van der Waals surface area contributed by atoms with Crippen LogP contribution in [0.2, 0.25) is 0 Å². The number of aromatic nitrogens is 1. The number of aromatic carboxylic acids is 1. The standard InChI is InChI=1S/C12H13N3O5S.C11H16/c1-7-13-11(6-21-7)15(18,19)14-9-4-3-8(12(16)17)5-10(9)20-2;1-2-3-5-8-11-9-6-4-7-10-11/h3-6,14,18-19H,1-2H3;4,6-7,9-10H,2-3,5,8H2,1H3/p+1. The first-order chi connectivity index (χ1) is 15.3. The zero-order valence-corrected chi connectivity index (χ0v) is 19.3. The van der Waals surface area contributed by atoms with Gasteiger partial charge in [-0.15, -0.1) is 21.8 Å². The quantitative estimate of drug-likeness (QED) is 0.184. The molecule has 0 aliphatic rings. The van der Waals surface area contributed by atoms with Crippen molar-refractivity contribution in [2.24, 2.45) is 0 Å². The van der Waals surface area contributed by atoms with Crippen molar-refractivity contribution in [3.8, 4) is 5.75 Å². The van der Waals surface area contributed by atoms with Crippen LogP contribution in [0, 0.1) is 6.92 Å². The normalized spacial score (nSPS) is 10.8. The molecule has 0 aliphatic heterocycles. The highest BCUT2D eigenvalue weighted by molar-refractivity contribution is 7.09. The number of quaternary nitrogens is 1. The van der Waals surface area contributed by atoms with Gasteiger partial charge in [0.25, 0.3) is 0 Å². The van der Waals surface area contributed by atoms with Gasteiger partial charge in [-0.05, 0) is 43.5 Å². The molecule has 0 saturated carbocycles. The average Bonchev–Trinajstić information content (AvgIpc) is 3.22. The summed E-state index contributed by atoms with van der Waals surface area (Å²) in [6.45, 7) is 3.97. The third-order valence-corrected chi connectivity index (χ3v) is 5.32. The van der Waals surface area contributed by atoms with Crippen molar-refractivity contribution >= 4 is 28.8 Å². The number of ether oxygens (including phenoxy) is 1. The maximum absolute atomic E-state index is 10.9. The molecule has 172 valence electrons. The Morgan fingerprint density at radius 1 is 1.16 bits per heavy atom. The van der Waals surface area contributed by atoms with Gasteiger partial charge in [-0.2, -0.15) is 10.4 Å². The molecule has 0 fully saturated rings. The highest BCUT2D eigenvalue weighted by Crippen LogP contribution is 2.29. The van der Waals surface area contributed by atoms with Crippen LogP contribution in [0.1, 0.15) is 47.1 Å². The molecule has 8 nitrogen and oxygen atoms in total. The third-order valence-electron chi connectivity index (χ3n) is 4.56. The van der Waals surface area contributed by atoms with E-state index in [0.29, 0.717) is 5.01 Å². The first kappa shape index (κ1) is 25.3. The zero-order chi connectivity index (χ0) is 23.6. The Hall–Kier alpha value is -2.98. The first-order valence-corrected chi connectivity index (χ1v) is 11.2. The molecule has 0 aliphatic carbocycles. The number of unbranched alkanes of at least 4 members (excludes halogenated alkanes) is 2. The number of carbonyl (C=O) groups is 1. The van der Waals surface area contributed by atoms with Gasteiger partial charge in [-0.25, -0.2) is 4.79 Å². The van der Waals surface area contributed by atoms with E-state index in [9.17, 15) is 15.2 Å². The fourth-order valence-corrected chi connectivity index (χ4v) is 3.48. The Bertz CT molecular complexity index is 992. The second kappa shape index (κ2) is 12.2. The molecule has 9 heteroatoms. The fourth-order valence-electron chi connectivity index (χ4n) is 2.86. The monoisotopic (exact) mass is 460 g/mol. The molecule has 1 aromatic heterocycles. The van der Waals surface area contributed by atoms with E-state index in [2.05, 4.69) is 47.7 Å². The molecule has 0 amide bonds. The number of methoxy groups -OCH3 is 1. The molecule has 3 rings (SSSR count). The van der Waals surface area contributed by atoms with Gasteiger partial charge in [-0.3, -0.25) is 0 Å². The van der Waals surface area contributed by atoms with Crippen molar-refractivity contribution in [3.63, 3.8) is 0 Å². The summed E-state index contributed by atoms with van der Waals surface area (Å²) < 4.78 is 5.05. The molecule has 0 unspecified atom stereocenters. The predicted molar refractivity (Wildman–Crippen MR) is 125 cm³/mol. The van der Waals surface area contributed by atoms with Crippen molar-refractivity contribution in [1.29, 1.82) is 0 Å². The topological polar surface area (TPSA) is 112 Å². The number of rotatable bonds is 9. The first-order valence-electron chi connectivity index (χ1n) is 10.3. The smallest absolute Gasteiger partial charge is 0.335 e. The van der Waals surface area contributed by atoms with Crippen LogP contribution in [0.5, 0.6) is 5.75 Å². The SMILES string of the molecule is CCCCCc1ccccc1.COc1cc(C(=O)O)ccc1N[N+](O)(O)c1csc(C)n1. The van der Waals surface area contributed by atoms with E-state index in [1.165, 1.54) is 73.3 Å². The van der Waals surface area contributed by atoms with E-state index in [0.717, 1.165) is 0 Å². The number of nitrogens with one attached hydrogen (secondary N) is 1. The second-order valence-corrected chi connectivity index (χ2v) is 8.16. The van der Waals surface area contributed by atoms with Crippen molar-refractivity contribution < 1.29 is 25.1 Å². The van der Waals surface area contributed by atoms with Crippen molar-refractivity contribution in [2.45, 2.75) is 39.5 Å². The number of carboxylic acid groups (broad SMARTS) is 1. The molecular formula is C23H30N3O5S+. The van der Waals surface area contributed by atoms with Crippen LogP contribution in [0.3, 0.4) is 0 Å². The van der Waals surface area contributed by atoms with Crippen LogP contribution in [0.15, 0.2) is 53.9 Å². The zero-order valence-electron chi connectivity index (χ0n) is 18.5. The molecule has 0 spiro atoms. The van der Waals surface area contributed by atoms with Gasteiger partial charge in [0.1, 0.15) is 16.4 Å². The molecule has 0 bridgehead atoms. The lowest BCUT2D eigenvalue weighted by atomic mass is 10.1. The van der Waals surface area contributed by atoms with Crippen molar-refractivity contribution in [3.05, 3.63) is 70.0 Å². The summed E-state index contributed by atoms with van der Waals surface area (Å²) in [6, 6.07) is 14.7. The van der Waals surface area contributed by atoms with Crippen molar-refractivity contribution in [2.75, 3.05) is 12.5 Å². The maximum atomic E-state index is 10.9. The molecule has 0 atom stereocenters. The van der Waals surface area contributed by atoms with Crippen LogP contribution in [0.25, 0.3) is 0 Å². The molecular weight excluding hydrogens is 430 g/mol. The van der Waals surface area contributed by atoms with E-state index >= 15 is 0 Å². The van der Waals surface area contributed by atoms with Crippen LogP contribution >= 0.6 is 11.3 Å². The summed E-state index contributed by atoms with van der Waals surface area (Å²) in [6.07, 6.45) is 5.25. The van der Waals surface area contributed by atoms with Crippen molar-refractivity contribution in [1.82, 2.24) is 9.90 Å². The fraction of sp³-hybridized carbons (Fsp3) is 0.304. The van der Waals surface area contributed by atoms with Gasteiger partial charge in [0, 0.05) is 0 Å². The predicted octanol–water partition coefficient (Wildman–Crippen LogP) is 5.69. The minimum Gasteiger partial charge on any atom is -0.494 e.